The van der Waals surface area contributed by atoms with E-state index in [2.05, 4.69) is 5.32 Å². The SMILES string of the molecule is CC1(C)NC(=O)N(CC(=O)N2CSC[C@H]2C(=O)O)C1=O. The van der Waals surface area contributed by atoms with Crippen LogP contribution in [0.4, 0.5) is 4.79 Å². The van der Waals surface area contributed by atoms with Crippen LogP contribution in [0.5, 0.6) is 0 Å². The number of thioether (sulfide) groups is 1. The lowest BCUT2D eigenvalue weighted by Crippen LogP contribution is -2.48. The second-order valence-corrected chi connectivity index (χ2v) is 6.16. The van der Waals surface area contributed by atoms with Crippen molar-refractivity contribution in [3.63, 3.8) is 0 Å². The van der Waals surface area contributed by atoms with Crippen LogP contribution in [0.3, 0.4) is 0 Å². The number of carboxylic acid groups (broad SMARTS) is 1. The van der Waals surface area contributed by atoms with Crippen LogP contribution >= 0.6 is 11.8 Å². The molecule has 0 aliphatic carbocycles. The molecule has 2 heterocycles. The number of amides is 4. The summed E-state index contributed by atoms with van der Waals surface area (Å²) in [4.78, 5) is 48.7. The standard InChI is InChI=1S/C11H15N3O5S/c1-11(2)9(18)13(10(19)12-11)3-7(15)14-5-20-4-6(14)8(16)17/h6H,3-5H2,1-2H3,(H,12,19)(H,16,17)/t6-/m0/s1. The molecule has 1 atom stereocenters. The minimum atomic E-state index is -1.08. The largest absolute Gasteiger partial charge is 0.480 e. The van der Waals surface area contributed by atoms with E-state index in [1.165, 1.54) is 16.7 Å². The van der Waals surface area contributed by atoms with Crippen molar-refractivity contribution in [2.45, 2.75) is 25.4 Å². The summed E-state index contributed by atoms with van der Waals surface area (Å²) in [6, 6.07) is -1.53. The molecule has 4 amide bonds. The van der Waals surface area contributed by atoms with E-state index in [-0.39, 0.29) is 5.88 Å². The molecule has 0 saturated carbocycles. The highest BCUT2D eigenvalue weighted by molar-refractivity contribution is 7.99. The molecule has 9 heteroatoms. The van der Waals surface area contributed by atoms with E-state index in [1.807, 2.05) is 0 Å². The second kappa shape index (κ2) is 4.97. The lowest BCUT2D eigenvalue weighted by molar-refractivity contribution is -0.148. The van der Waals surface area contributed by atoms with Crippen molar-refractivity contribution in [3.05, 3.63) is 0 Å². The van der Waals surface area contributed by atoms with E-state index >= 15 is 0 Å². The van der Waals surface area contributed by atoms with Gasteiger partial charge in [0.15, 0.2) is 0 Å². The van der Waals surface area contributed by atoms with E-state index in [0.29, 0.717) is 5.75 Å². The Bertz CT molecular complexity index is 492. The van der Waals surface area contributed by atoms with Crippen LogP contribution in [-0.4, -0.2) is 68.5 Å². The Morgan fingerprint density at radius 3 is 2.60 bits per heavy atom. The molecule has 0 bridgehead atoms. The third-order valence-corrected chi connectivity index (χ3v) is 4.24. The predicted molar refractivity (Wildman–Crippen MR) is 69.9 cm³/mol. The average Bonchev–Trinajstić information content (AvgIpc) is 2.88. The summed E-state index contributed by atoms with van der Waals surface area (Å²) < 4.78 is 0. The first kappa shape index (κ1) is 14.6. The summed E-state index contributed by atoms with van der Waals surface area (Å²) >= 11 is 1.33. The Morgan fingerprint density at radius 2 is 2.10 bits per heavy atom. The number of urea groups is 1. The first-order valence-corrected chi connectivity index (χ1v) is 7.13. The highest BCUT2D eigenvalue weighted by Gasteiger charge is 2.46. The zero-order valence-electron chi connectivity index (χ0n) is 11.1. The van der Waals surface area contributed by atoms with Crippen LogP contribution in [0.15, 0.2) is 0 Å². The van der Waals surface area contributed by atoms with Crippen LogP contribution in [0.25, 0.3) is 0 Å². The number of nitrogens with zero attached hydrogens (tertiary/aromatic N) is 2. The molecule has 2 aliphatic heterocycles. The monoisotopic (exact) mass is 301 g/mol. The second-order valence-electron chi connectivity index (χ2n) is 5.16. The normalized spacial score (nSPS) is 25.0. The minimum absolute atomic E-state index is 0.253. The summed E-state index contributed by atoms with van der Waals surface area (Å²) in [5, 5.41) is 11.5. The lowest BCUT2D eigenvalue weighted by Gasteiger charge is -2.23. The number of hydrogen-bond donors (Lipinski definition) is 2. The van der Waals surface area contributed by atoms with Gasteiger partial charge >= 0.3 is 12.0 Å². The van der Waals surface area contributed by atoms with Gasteiger partial charge in [0.1, 0.15) is 18.1 Å². The van der Waals surface area contributed by atoms with Gasteiger partial charge in [-0.1, -0.05) is 0 Å². The molecule has 2 N–H and O–H groups in total. The molecule has 20 heavy (non-hydrogen) atoms. The molecule has 0 aromatic rings. The topological polar surface area (TPSA) is 107 Å². The molecule has 2 aliphatic rings. The predicted octanol–water partition coefficient (Wildman–Crippen LogP) is -0.697. The number of imide groups is 1. The fourth-order valence-electron chi connectivity index (χ4n) is 2.08. The zero-order chi connectivity index (χ0) is 15.1. The Balaban J connectivity index is 2.07. The molecule has 110 valence electrons. The van der Waals surface area contributed by atoms with Gasteiger partial charge in [0.05, 0.1) is 5.88 Å². The Hall–Kier alpha value is -1.77. The number of carbonyl (C=O) groups is 4. The molecule has 0 aromatic heterocycles. The molecule has 0 aromatic carbocycles. The van der Waals surface area contributed by atoms with Gasteiger partial charge in [-0.25, -0.2) is 9.59 Å². The number of carbonyl (C=O) groups excluding carboxylic acids is 3. The van der Waals surface area contributed by atoms with Crippen molar-refractivity contribution >= 4 is 35.6 Å². The summed E-state index contributed by atoms with van der Waals surface area (Å²) in [6.45, 7) is 2.66. The van der Waals surface area contributed by atoms with E-state index in [4.69, 9.17) is 5.11 Å². The van der Waals surface area contributed by atoms with E-state index in [9.17, 15) is 19.2 Å². The molecular weight excluding hydrogens is 286 g/mol. The molecule has 0 unspecified atom stereocenters. The summed E-state index contributed by atoms with van der Waals surface area (Å²) in [5.74, 6) is -1.55. The highest BCUT2D eigenvalue weighted by atomic mass is 32.2. The third kappa shape index (κ3) is 2.45. The molecule has 0 radical (unpaired) electrons. The van der Waals surface area contributed by atoms with Crippen molar-refractivity contribution in [2.24, 2.45) is 0 Å². The molecule has 2 saturated heterocycles. The lowest BCUT2D eigenvalue weighted by atomic mass is 10.1. The van der Waals surface area contributed by atoms with Gasteiger partial charge in [0.25, 0.3) is 5.91 Å². The Labute approximate surface area is 119 Å². The molecule has 2 fully saturated rings. The van der Waals surface area contributed by atoms with E-state index < -0.39 is 41.9 Å². The van der Waals surface area contributed by atoms with E-state index in [0.717, 1.165) is 4.90 Å². The first-order chi connectivity index (χ1) is 9.24. The summed E-state index contributed by atoms with van der Waals surface area (Å²) in [7, 11) is 0. The van der Waals surface area contributed by atoms with Gasteiger partial charge < -0.3 is 15.3 Å². The maximum absolute atomic E-state index is 12.1. The van der Waals surface area contributed by atoms with Crippen molar-refractivity contribution in [1.29, 1.82) is 0 Å². The maximum Gasteiger partial charge on any atom is 0.327 e. The van der Waals surface area contributed by atoms with Crippen molar-refractivity contribution in [2.75, 3.05) is 18.2 Å². The molecule has 2 rings (SSSR count). The number of aliphatic carboxylic acids is 1. The van der Waals surface area contributed by atoms with Crippen LogP contribution in [0, 0.1) is 0 Å². The van der Waals surface area contributed by atoms with Gasteiger partial charge in [-0.05, 0) is 13.8 Å². The number of rotatable bonds is 3. The van der Waals surface area contributed by atoms with Crippen LogP contribution in [0.2, 0.25) is 0 Å². The average molecular weight is 301 g/mol. The summed E-state index contributed by atoms with van der Waals surface area (Å²) in [6.07, 6.45) is 0. The van der Waals surface area contributed by atoms with Gasteiger partial charge in [-0.3, -0.25) is 14.5 Å². The highest BCUT2D eigenvalue weighted by Crippen LogP contribution is 2.22. The van der Waals surface area contributed by atoms with Gasteiger partial charge in [0, 0.05) is 5.75 Å². The quantitative estimate of drug-likeness (QED) is 0.668. The third-order valence-electron chi connectivity index (χ3n) is 3.23. The minimum Gasteiger partial charge on any atom is -0.480 e. The fraction of sp³-hybridized carbons (Fsp3) is 0.636. The van der Waals surface area contributed by atoms with Crippen molar-refractivity contribution < 1.29 is 24.3 Å². The van der Waals surface area contributed by atoms with Gasteiger partial charge in [-0.2, -0.15) is 0 Å². The zero-order valence-corrected chi connectivity index (χ0v) is 11.9. The maximum atomic E-state index is 12.1. The Kier molecular flexibility index (Phi) is 3.63. The van der Waals surface area contributed by atoms with Crippen molar-refractivity contribution in [3.8, 4) is 0 Å². The first-order valence-electron chi connectivity index (χ1n) is 5.98. The summed E-state index contributed by atoms with van der Waals surface area (Å²) in [5.41, 5.74) is -1.04. The van der Waals surface area contributed by atoms with E-state index in [1.54, 1.807) is 13.8 Å². The smallest absolute Gasteiger partial charge is 0.327 e. The molecular formula is C11H15N3O5S. The number of nitrogens with one attached hydrogen (secondary N) is 1. The van der Waals surface area contributed by atoms with Crippen LogP contribution in [0.1, 0.15) is 13.8 Å². The fourth-order valence-corrected chi connectivity index (χ4v) is 3.25. The van der Waals surface area contributed by atoms with Crippen molar-refractivity contribution in [1.82, 2.24) is 15.1 Å². The Morgan fingerprint density at radius 1 is 1.45 bits per heavy atom. The number of hydrogen-bond acceptors (Lipinski definition) is 5. The molecule has 0 spiro atoms. The van der Waals surface area contributed by atoms with Gasteiger partial charge in [-0.15, -0.1) is 11.8 Å². The van der Waals surface area contributed by atoms with Gasteiger partial charge in [0.2, 0.25) is 5.91 Å². The van der Waals surface area contributed by atoms with Crippen LogP contribution < -0.4 is 5.32 Å². The van der Waals surface area contributed by atoms with Crippen LogP contribution in [-0.2, 0) is 14.4 Å². The number of carboxylic acids is 1. The molecule has 8 nitrogen and oxygen atoms in total.